The summed E-state index contributed by atoms with van der Waals surface area (Å²) in [5.74, 6) is -0.523. The van der Waals surface area contributed by atoms with E-state index in [-0.39, 0.29) is 24.2 Å². The van der Waals surface area contributed by atoms with Gasteiger partial charge in [0.2, 0.25) is 11.8 Å². The number of halogens is 1. The Morgan fingerprint density at radius 2 is 1.49 bits per heavy atom. The number of hydrogen-bond acceptors (Lipinski definition) is 9. The Bertz CT molecular complexity index is 2740. The molecule has 346 valence electrons. The molecule has 1 aromatic heterocycles. The van der Waals surface area contributed by atoms with Crippen molar-refractivity contribution in [2.24, 2.45) is 0 Å². The summed E-state index contributed by atoms with van der Waals surface area (Å²) in [5.41, 5.74) is 7.80. The molecule has 9 rings (SSSR count). The number of methoxy groups -OCH3 is 1. The minimum absolute atomic E-state index is 0.0775. The maximum Gasteiger partial charge on any atom is 0.410 e. The van der Waals surface area contributed by atoms with Crippen molar-refractivity contribution in [3.8, 4) is 11.1 Å². The van der Waals surface area contributed by atoms with Crippen molar-refractivity contribution in [2.75, 3.05) is 37.0 Å². The van der Waals surface area contributed by atoms with Crippen LogP contribution < -0.4 is 15.5 Å². The van der Waals surface area contributed by atoms with Gasteiger partial charge in [-0.2, -0.15) is 0 Å². The van der Waals surface area contributed by atoms with Gasteiger partial charge in [0.05, 0.1) is 29.8 Å². The SMILES string of the molecule is COC(=O)N[C@H](C(=O)N1CCC[C@H]1c1nc2ccc(CN(Cc3ccc(NC(=O)[C@H]4CCCN4C(=O)OCC4c5ccccc5-c5ccccc54)cc3)c3ccc(F)cc3)cc2[nH]1)C(C)(C)O. The average Bonchev–Trinajstić information content (AvgIpc) is 4.15. The zero-order chi connectivity index (χ0) is 46.8. The number of carbonyl (C=O) groups excluding carboxylic acids is 4. The van der Waals surface area contributed by atoms with E-state index in [1.807, 2.05) is 66.7 Å². The molecule has 4 N–H and O–H groups in total. The highest BCUT2D eigenvalue weighted by Crippen LogP contribution is 2.44. The van der Waals surface area contributed by atoms with Crippen LogP contribution in [0.1, 0.15) is 79.6 Å². The largest absolute Gasteiger partial charge is 0.453 e. The molecule has 4 amide bonds. The molecular weight excluding hydrogens is 854 g/mol. The number of alkyl carbamates (subject to hydrolysis) is 1. The molecule has 15 heteroatoms. The number of anilines is 2. The Labute approximate surface area is 388 Å². The van der Waals surface area contributed by atoms with Crippen molar-refractivity contribution in [3.05, 3.63) is 149 Å². The third-order valence-corrected chi connectivity index (χ3v) is 13.1. The number of aromatic nitrogens is 2. The number of nitrogens with zero attached hydrogens (tertiary/aromatic N) is 4. The van der Waals surface area contributed by atoms with Crippen LogP contribution in [-0.2, 0) is 32.2 Å². The molecule has 14 nitrogen and oxygen atoms in total. The fraction of sp³-hybridized carbons (Fsp3) is 0.327. The van der Waals surface area contributed by atoms with Crippen LogP contribution >= 0.6 is 0 Å². The molecule has 2 aliphatic heterocycles. The van der Waals surface area contributed by atoms with E-state index in [4.69, 9.17) is 14.5 Å². The first-order chi connectivity index (χ1) is 32.3. The molecular formula is C52H54FN7O7. The van der Waals surface area contributed by atoms with Gasteiger partial charge >= 0.3 is 12.2 Å². The molecule has 2 saturated heterocycles. The quantitative estimate of drug-likeness (QED) is 0.0889. The van der Waals surface area contributed by atoms with Crippen LogP contribution in [0.25, 0.3) is 22.2 Å². The van der Waals surface area contributed by atoms with Gasteiger partial charge in [0.15, 0.2) is 0 Å². The van der Waals surface area contributed by atoms with Gasteiger partial charge < -0.3 is 40.0 Å². The molecule has 2 fully saturated rings. The lowest BCUT2D eigenvalue weighted by atomic mass is 9.97. The summed E-state index contributed by atoms with van der Waals surface area (Å²) in [4.78, 5) is 66.6. The smallest absolute Gasteiger partial charge is 0.410 e. The number of rotatable bonds is 13. The highest BCUT2D eigenvalue weighted by atomic mass is 19.1. The minimum atomic E-state index is -1.55. The molecule has 6 aromatic rings. The number of H-pyrrole nitrogens is 1. The first-order valence-electron chi connectivity index (χ1n) is 22.7. The van der Waals surface area contributed by atoms with Crippen LogP contribution in [0, 0.1) is 5.82 Å². The van der Waals surface area contributed by atoms with E-state index in [1.54, 1.807) is 17.0 Å². The Morgan fingerprint density at radius 3 is 2.18 bits per heavy atom. The molecule has 0 unspecified atom stereocenters. The number of carbonyl (C=O) groups is 4. The van der Waals surface area contributed by atoms with Crippen molar-refractivity contribution in [1.82, 2.24) is 25.1 Å². The lowest BCUT2D eigenvalue weighted by molar-refractivity contribution is -0.140. The molecule has 67 heavy (non-hydrogen) atoms. The van der Waals surface area contributed by atoms with Crippen LogP contribution in [0.3, 0.4) is 0 Å². The summed E-state index contributed by atoms with van der Waals surface area (Å²) in [6.07, 6.45) is 1.28. The highest BCUT2D eigenvalue weighted by Gasteiger charge is 2.43. The van der Waals surface area contributed by atoms with E-state index in [0.717, 1.165) is 56.5 Å². The van der Waals surface area contributed by atoms with E-state index in [0.29, 0.717) is 57.0 Å². The van der Waals surface area contributed by atoms with Crippen LogP contribution in [0.15, 0.2) is 115 Å². The Hall–Kier alpha value is -7.26. The number of nitrogens with one attached hydrogen (secondary N) is 3. The molecule has 5 aromatic carbocycles. The standard InChI is InChI=1S/C52H54FN7O7/c1-52(2,65)46(57-50(63)66-3)49(62)59-26-8-14-44(59)47-55-42-25-18-33(28-43(42)56-47)30-58(36-23-19-34(53)20-24-36)29-32-16-21-35(22-17-32)54-48(61)45-15-9-27-60(45)51(64)67-31-41-39-12-6-4-10-37(39)38-11-5-7-13-40(38)41/h4-7,10-13,16-25,28,41,44-46,65H,8-9,14-15,26-27,29-31H2,1-3H3,(H,54,61)(H,55,56)(H,57,63)/t44-,45+,46+/m0/s1. The Morgan fingerprint density at radius 1 is 0.851 bits per heavy atom. The molecule has 0 saturated carbocycles. The number of amides is 4. The van der Waals surface area contributed by atoms with Crippen molar-refractivity contribution < 1.29 is 38.1 Å². The number of imidazole rings is 1. The number of hydrogen-bond donors (Lipinski definition) is 4. The maximum absolute atomic E-state index is 14.1. The lowest BCUT2D eigenvalue weighted by Gasteiger charge is -2.34. The summed E-state index contributed by atoms with van der Waals surface area (Å²) in [6, 6.07) is 33.9. The van der Waals surface area contributed by atoms with Crippen molar-refractivity contribution >= 4 is 46.4 Å². The van der Waals surface area contributed by atoms with Gasteiger partial charge in [-0.15, -0.1) is 0 Å². The second kappa shape index (κ2) is 18.9. The summed E-state index contributed by atoms with van der Waals surface area (Å²) >= 11 is 0. The minimum Gasteiger partial charge on any atom is -0.453 e. The topological polar surface area (TPSA) is 169 Å². The van der Waals surface area contributed by atoms with Crippen LogP contribution in [-0.4, -0.2) is 93.4 Å². The number of ether oxygens (including phenoxy) is 2. The first kappa shape index (κ1) is 44.9. The van der Waals surface area contributed by atoms with Crippen molar-refractivity contribution in [2.45, 2.75) is 82.3 Å². The van der Waals surface area contributed by atoms with E-state index < -0.39 is 41.8 Å². The van der Waals surface area contributed by atoms with Gasteiger partial charge in [0, 0.05) is 43.5 Å². The van der Waals surface area contributed by atoms with Crippen LogP contribution in [0.2, 0.25) is 0 Å². The van der Waals surface area contributed by atoms with E-state index in [9.17, 15) is 28.7 Å². The summed E-state index contributed by atoms with van der Waals surface area (Å²) in [7, 11) is 1.20. The fourth-order valence-corrected chi connectivity index (χ4v) is 9.72. The van der Waals surface area contributed by atoms with E-state index >= 15 is 0 Å². The Kier molecular flexibility index (Phi) is 12.7. The second-order valence-corrected chi connectivity index (χ2v) is 18.1. The molecule has 3 aliphatic rings. The lowest BCUT2D eigenvalue weighted by Crippen LogP contribution is -2.58. The predicted molar refractivity (Wildman–Crippen MR) is 252 cm³/mol. The number of aliphatic hydroxyl groups is 1. The van der Waals surface area contributed by atoms with Crippen molar-refractivity contribution in [1.29, 1.82) is 0 Å². The zero-order valence-electron chi connectivity index (χ0n) is 37.7. The Balaban J connectivity index is 0.850. The number of likely N-dealkylation sites (tertiary alicyclic amines) is 2. The summed E-state index contributed by atoms with van der Waals surface area (Å²) < 4.78 is 24.8. The molecule has 1 aliphatic carbocycles. The van der Waals surface area contributed by atoms with Gasteiger partial charge in [0.1, 0.15) is 30.3 Å². The second-order valence-electron chi connectivity index (χ2n) is 18.1. The molecule has 3 atom stereocenters. The van der Waals surface area contributed by atoms with Crippen LogP contribution in [0.5, 0.6) is 0 Å². The number of fused-ring (bicyclic) bond motifs is 4. The molecule has 0 bridgehead atoms. The number of benzene rings is 5. The van der Waals surface area contributed by atoms with Gasteiger partial charge in [-0.1, -0.05) is 66.7 Å². The van der Waals surface area contributed by atoms with Gasteiger partial charge in [0.25, 0.3) is 0 Å². The van der Waals surface area contributed by atoms with Crippen LogP contribution in [0.4, 0.5) is 25.4 Å². The van der Waals surface area contributed by atoms with Gasteiger partial charge in [-0.3, -0.25) is 14.5 Å². The maximum atomic E-state index is 14.1. The molecule has 0 spiro atoms. The normalized spacial score (nSPS) is 17.2. The zero-order valence-corrected chi connectivity index (χ0v) is 37.7. The predicted octanol–water partition coefficient (Wildman–Crippen LogP) is 8.42. The van der Waals surface area contributed by atoms with Gasteiger partial charge in [-0.05, 0) is 121 Å². The molecule has 0 radical (unpaired) electrons. The third kappa shape index (κ3) is 9.55. The molecule has 3 heterocycles. The third-order valence-electron chi connectivity index (χ3n) is 13.1. The summed E-state index contributed by atoms with van der Waals surface area (Å²) in [5, 5.41) is 16.3. The average molecular weight is 908 g/mol. The van der Waals surface area contributed by atoms with E-state index in [1.165, 1.54) is 38.0 Å². The first-order valence-corrected chi connectivity index (χ1v) is 22.7. The number of aromatic amines is 1. The summed E-state index contributed by atoms with van der Waals surface area (Å²) in [6.45, 7) is 4.90. The fourth-order valence-electron chi connectivity index (χ4n) is 9.72. The monoisotopic (exact) mass is 907 g/mol. The highest BCUT2D eigenvalue weighted by molar-refractivity contribution is 5.97. The van der Waals surface area contributed by atoms with E-state index in [2.05, 4.69) is 44.8 Å². The van der Waals surface area contributed by atoms with Crippen molar-refractivity contribution in [3.63, 3.8) is 0 Å². The van der Waals surface area contributed by atoms with Gasteiger partial charge in [-0.25, -0.2) is 19.0 Å².